The second-order valence-electron chi connectivity index (χ2n) is 6.51. The van der Waals surface area contributed by atoms with Crippen molar-refractivity contribution in [2.45, 2.75) is 18.9 Å². The number of amides is 1. The van der Waals surface area contributed by atoms with Crippen LogP contribution < -0.4 is 10.6 Å². The zero-order chi connectivity index (χ0) is 16.8. The summed E-state index contributed by atoms with van der Waals surface area (Å²) in [7, 11) is 0. The molecule has 8 heteroatoms. The number of benzene rings is 1. The van der Waals surface area contributed by atoms with Crippen LogP contribution in [0.3, 0.4) is 0 Å². The molecule has 3 rings (SSSR count). The first-order valence-electron chi connectivity index (χ1n) is 8.80. The molecular weight excluding hydrogens is 397 g/mol. The van der Waals surface area contributed by atoms with Gasteiger partial charge in [0.15, 0.2) is 0 Å². The summed E-state index contributed by atoms with van der Waals surface area (Å²) in [6, 6.07) is 8.07. The molecule has 2 fully saturated rings. The number of nitrogens with zero attached hydrogens (tertiary/aromatic N) is 1. The van der Waals surface area contributed by atoms with Gasteiger partial charge in [-0.3, -0.25) is 9.69 Å². The first kappa shape index (κ1) is 23.5. The number of piperidine rings is 1. The summed E-state index contributed by atoms with van der Waals surface area (Å²) in [6.45, 7) is 5.62. The van der Waals surface area contributed by atoms with Crippen molar-refractivity contribution in [1.29, 1.82) is 0 Å². The SMILES string of the molecule is Cl.Cl.O=C(NCC(c1cccc(Cl)c1)N1CCOCC1)C1CCCNC1. The summed E-state index contributed by atoms with van der Waals surface area (Å²) in [6.07, 6.45) is 2.04. The smallest absolute Gasteiger partial charge is 0.224 e. The monoisotopic (exact) mass is 423 g/mol. The lowest BCUT2D eigenvalue weighted by atomic mass is 9.98. The number of carbonyl (C=O) groups is 1. The van der Waals surface area contributed by atoms with Crippen LogP contribution >= 0.6 is 36.4 Å². The van der Waals surface area contributed by atoms with Crippen LogP contribution in [0.5, 0.6) is 0 Å². The second-order valence-corrected chi connectivity index (χ2v) is 6.94. The number of morpholine rings is 1. The lowest BCUT2D eigenvalue weighted by Crippen LogP contribution is -2.46. The maximum atomic E-state index is 12.5. The van der Waals surface area contributed by atoms with Crippen molar-refractivity contribution in [3.8, 4) is 0 Å². The van der Waals surface area contributed by atoms with E-state index in [-0.39, 0.29) is 42.7 Å². The number of rotatable bonds is 5. The third-order valence-corrected chi connectivity index (χ3v) is 5.09. The Hall–Kier alpha value is -0.560. The van der Waals surface area contributed by atoms with E-state index in [4.69, 9.17) is 16.3 Å². The molecule has 0 spiro atoms. The maximum absolute atomic E-state index is 12.5. The lowest BCUT2D eigenvalue weighted by Gasteiger charge is -2.35. The summed E-state index contributed by atoms with van der Waals surface area (Å²) in [5, 5.41) is 7.19. The molecular formula is C18H28Cl3N3O2. The number of hydrogen-bond donors (Lipinski definition) is 2. The zero-order valence-electron chi connectivity index (χ0n) is 14.8. The Morgan fingerprint density at radius 1 is 1.35 bits per heavy atom. The van der Waals surface area contributed by atoms with Gasteiger partial charge in [0.05, 0.1) is 25.2 Å². The molecule has 0 saturated carbocycles. The van der Waals surface area contributed by atoms with Gasteiger partial charge in [-0.25, -0.2) is 0 Å². The molecule has 0 aromatic heterocycles. The molecule has 26 heavy (non-hydrogen) atoms. The molecule has 2 saturated heterocycles. The van der Waals surface area contributed by atoms with E-state index in [9.17, 15) is 4.79 Å². The van der Waals surface area contributed by atoms with Crippen LogP contribution in [-0.4, -0.2) is 56.7 Å². The average molecular weight is 425 g/mol. The highest BCUT2D eigenvalue weighted by atomic mass is 35.5. The minimum absolute atomic E-state index is 0. The lowest BCUT2D eigenvalue weighted by molar-refractivity contribution is -0.125. The Kier molecular flexibility index (Phi) is 10.8. The fraction of sp³-hybridized carbons (Fsp3) is 0.611. The van der Waals surface area contributed by atoms with E-state index in [1.807, 2.05) is 18.2 Å². The van der Waals surface area contributed by atoms with E-state index in [1.165, 1.54) is 0 Å². The van der Waals surface area contributed by atoms with Gasteiger partial charge >= 0.3 is 0 Å². The van der Waals surface area contributed by atoms with E-state index in [0.29, 0.717) is 6.54 Å². The van der Waals surface area contributed by atoms with Crippen LogP contribution in [0.4, 0.5) is 0 Å². The number of hydrogen-bond acceptors (Lipinski definition) is 4. The fourth-order valence-electron chi connectivity index (χ4n) is 3.48. The summed E-state index contributed by atoms with van der Waals surface area (Å²) >= 11 is 6.17. The quantitative estimate of drug-likeness (QED) is 0.763. The van der Waals surface area contributed by atoms with Crippen LogP contribution in [0.1, 0.15) is 24.4 Å². The summed E-state index contributed by atoms with van der Waals surface area (Å²) in [4.78, 5) is 14.8. The van der Waals surface area contributed by atoms with Crippen molar-refractivity contribution in [2.75, 3.05) is 45.9 Å². The van der Waals surface area contributed by atoms with Gasteiger partial charge < -0.3 is 15.4 Å². The van der Waals surface area contributed by atoms with Gasteiger partial charge in [-0.2, -0.15) is 0 Å². The Balaban J connectivity index is 0.00000169. The predicted octanol–water partition coefficient (Wildman–Crippen LogP) is 2.67. The highest BCUT2D eigenvalue weighted by molar-refractivity contribution is 6.30. The second kappa shape index (κ2) is 12.0. The predicted molar refractivity (Wildman–Crippen MR) is 110 cm³/mol. The van der Waals surface area contributed by atoms with E-state index < -0.39 is 0 Å². The fourth-order valence-corrected chi connectivity index (χ4v) is 3.68. The average Bonchev–Trinajstić information content (AvgIpc) is 2.63. The molecule has 1 aromatic rings. The van der Waals surface area contributed by atoms with Crippen LogP contribution in [0, 0.1) is 5.92 Å². The van der Waals surface area contributed by atoms with Crippen molar-refractivity contribution < 1.29 is 9.53 Å². The van der Waals surface area contributed by atoms with E-state index in [2.05, 4.69) is 21.6 Å². The highest BCUT2D eigenvalue weighted by Gasteiger charge is 2.26. The molecule has 5 nitrogen and oxygen atoms in total. The number of carbonyl (C=O) groups excluding carboxylic acids is 1. The highest BCUT2D eigenvalue weighted by Crippen LogP contribution is 2.24. The van der Waals surface area contributed by atoms with Crippen molar-refractivity contribution in [1.82, 2.24) is 15.5 Å². The minimum atomic E-state index is 0. The largest absolute Gasteiger partial charge is 0.379 e. The van der Waals surface area contributed by atoms with Crippen LogP contribution in [0.25, 0.3) is 0 Å². The van der Waals surface area contributed by atoms with E-state index >= 15 is 0 Å². The first-order valence-corrected chi connectivity index (χ1v) is 9.17. The third-order valence-electron chi connectivity index (χ3n) is 4.86. The molecule has 2 unspecified atom stereocenters. The van der Waals surface area contributed by atoms with Gasteiger partial charge in [0, 0.05) is 31.2 Å². The topological polar surface area (TPSA) is 53.6 Å². The number of ether oxygens (including phenoxy) is 1. The summed E-state index contributed by atoms with van der Waals surface area (Å²) in [5.74, 6) is 0.242. The first-order chi connectivity index (χ1) is 11.7. The zero-order valence-corrected chi connectivity index (χ0v) is 17.2. The Bertz CT molecular complexity index is 550. The Morgan fingerprint density at radius 2 is 2.12 bits per heavy atom. The normalized spacial score (nSPS) is 21.8. The summed E-state index contributed by atoms with van der Waals surface area (Å²) in [5.41, 5.74) is 1.14. The van der Waals surface area contributed by atoms with Crippen LogP contribution in [-0.2, 0) is 9.53 Å². The molecule has 0 aliphatic carbocycles. The number of nitrogens with one attached hydrogen (secondary N) is 2. The summed E-state index contributed by atoms with van der Waals surface area (Å²) < 4.78 is 5.47. The molecule has 0 bridgehead atoms. The van der Waals surface area contributed by atoms with Crippen molar-refractivity contribution in [3.63, 3.8) is 0 Å². The standard InChI is InChI=1S/C18H26ClN3O2.2ClH/c19-16-5-1-3-14(11-16)17(22-7-9-24-10-8-22)13-21-18(23)15-4-2-6-20-12-15;;/h1,3,5,11,15,17,20H,2,4,6-10,12-13H2,(H,21,23);2*1H. The van der Waals surface area contributed by atoms with Crippen molar-refractivity contribution in [3.05, 3.63) is 34.9 Å². The van der Waals surface area contributed by atoms with Crippen LogP contribution in [0.2, 0.25) is 5.02 Å². The molecule has 2 aliphatic rings. The molecule has 148 valence electrons. The molecule has 1 aromatic carbocycles. The van der Waals surface area contributed by atoms with Crippen molar-refractivity contribution in [2.24, 2.45) is 5.92 Å². The van der Waals surface area contributed by atoms with Gasteiger partial charge in [0.2, 0.25) is 5.91 Å². The molecule has 1 amide bonds. The van der Waals surface area contributed by atoms with Gasteiger partial charge in [-0.1, -0.05) is 23.7 Å². The van der Waals surface area contributed by atoms with Gasteiger partial charge in [-0.05, 0) is 37.1 Å². The van der Waals surface area contributed by atoms with Gasteiger partial charge in [0.25, 0.3) is 0 Å². The Morgan fingerprint density at radius 3 is 2.77 bits per heavy atom. The Labute approximate surface area is 173 Å². The molecule has 2 atom stereocenters. The molecule has 2 aliphatic heterocycles. The molecule has 2 N–H and O–H groups in total. The maximum Gasteiger partial charge on any atom is 0.224 e. The van der Waals surface area contributed by atoms with Crippen molar-refractivity contribution >= 4 is 42.3 Å². The van der Waals surface area contributed by atoms with Gasteiger partial charge in [0.1, 0.15) is 0 Å². The minimum Gasteiger partial charge on any atom is -0.379 e. The van der Waals surface area contributed by atoms with E-state index in [0.717, 1.165) is 62.8 Å². The van der Waals surface area contributed by atoms with E-state index in [1.54, 1.807) is 0 Å². The molecule has 0 radical (unpaired) electrons. The van der Waals surface area contributed by atoms with Gasteiger partial charge in [-0.15, -0.1) is 24.8 Å². The van der Waals surface area contributed by atoms with Crippen LogP contribution in [0.15, 0.2) is 24.3 Å². The number of halogens is 3. The molecule has 2 heterocycles. The third kappa shape index (κ3) is 6.55.